The average Bonchev–Trinajstić information content (AvgIpc) is 3.21. The summed E-state index contributed by atoms with van der Waals surface area (Å²) < 4.78 is 0.959. The summed E-state index contributed by atoms with van der Waals surface area (Å²) in [6.07, 6.45) is 4.99. The van der Waals surface area contributed by atoms with Crippen LogP contribution in [-0.4, -0.2) is 29.2 Å². The van der Waals surface area contributed by atoms with E-state index in [-0.39, 0.29) is 47.9 Å². The van der Waals surface area contributed by atoms with E-state index >= 15 is 0 Å². The van der Waals surface area contributed by atoms with Crippen molar-refractivity contribution in [3.05, 3.63) is 40.4 Å². The van der Waals surface area contributed by atoms with E-state index in [9.17, 15) is 14.4 Å². The molecule has 0 unspecified atom stereocenters. The Morgan fingerprint density at radius 2 is 1.83 bits per heavy atom. The van der Waals surface area contributed by atoms with Crippen LogP contribution in [0.1, 0.15) is 12.0 Å². The van der Waals surface area contributed by atoms with Crippen LogP contribution in [0, 0.1) is 30.6 Å². The van der Waals surface area contributed by atoms with E-state index in [1.165, 1.54) is 0 Å². The number of carbonyl (C=O) groups excluding carboxylic acids is 3. The second-order valence-corrected chi connectivity index (χ2v) is 7.63. The molecule has 1 aromatic carbocycles. The highest BCUT2D eigenvalue weighted by atomic mass is 79.9. The first-order valence-electron chi connectivity index (χ1n) is 8.05. The molecule has 1 aromatic rings. The van der Waals surface area contributed by atoms with Crippen LogP contribution in [0.15, 0.2) is 34.8 Å². The van der Waals surface area contributed by atoms with Crippen LogP contribution in [0.3, 0.4) is 0 Å². The average molecular weight is 389 g/mol. The molecular formula is C18H17BrN2O3. The Balaban J connectivity index is 1.46. The van der Waals surface area contributed by atoms with Crippen LogP contribution in [0.2, 0.25) is 0 Å². The van der Waals surface area contributed by atoms with Crippen molar-refractivity contribution in [3.63, 3.8) is 0 Å². The molecule has 0 radical (unpaired) electrons. The van der Waals surface area contributed by atoms with Crippen molar-refractivity contribution in [2.24, 2.45) is 23.7 Å². The van der Waals surface area contributed by atoms with E-state index in [0.717, 1.165) is 21.4 Å². The molecule has 6 heteroatoms. The molecule has 1 saturated heterocycles. The first-order valence-corrected chi connectivity index (χ1v) is 8.84. The van der Waals surface area contributed by atoms with Gasteiger partial charge in [-0.1, -0.05) is 28.1 Å². The highest BCUT2D eigenvalue weighted by Gasteiger charge is 2.59. The van der Waals surface area contributed by atoms with Gasteiger partial charge in [-0.05, 0) is 48.9 Å². The van der Waals surface area contributed by atoms with Crippen LogP contribution < -0.4 is 5.32 Å². The van der Waals surface area contributed by atoms with E-state index in [1.54, 1.807) is 6.07 Å². The fourth-order valence-electron chi connectivity index (χ4n) is 4.19. The molecule has 1 saturated carbocycles. The van der Waals surface area contributed by atoms with Crippen molar-refractivity contribution >= 4 is 39.3 Å². The smallest absolute Gasteiger partial charge is 0.244 e. The number of likely N-dealkylation sites (tertiary alicyclic amines) is 1. The summed E-state index contributed by atoms with van der Waals surface area (Å²) in [5, 5.41) is 2.76. The third-order valence-electron chi connectivity index (χ3n) is 5.31. The zero-order chi connectivity index (χ0) is 17.0. The number of imide groups is 1. The third kappa shape index (κ3) is 2.32. The number of hydrogen-bond donors (Lipinski definition) is 1. The summed E-state index contributed by atoms with van der Waals surface area (Å²) in [7, 11) is 0. The van der Waals surface area contributed by atoms with Crippen LogP contribution in [0.5, 0.6) is 0 Å². The number of benzene rings is 1. The Morgan fingerprint density at radius 3 is 2.42 bits per heavy atom. The number of halogens is 1. The molecule has 1 aliphatic heterocycles. The van der Waals surface area contributed by atoms with Gasteiger partial charge in [0.15, 0.2) is 0 Å². The predicted octanol–water partition coefficient (Wildman–Crippen LogP) is 2.50. The van der Waals surface area contributed by atoms with Gasteiger partial charge in [0, 0.05) is 10.2 Å². The van der Waals surface area contributed by atoms with Gasteiger partial charge in [0.25, 0.3) is 0 Å². The predicted molar refractivity (Wildman–Crippen MR) is 91.9 cm³/mol. The van der Waals surface area contributed by atoms with Crippen molar-refractivity contribution in [3.8, 4) is 0 Å². The summed E-state index contributed by atoms with van der Waals surface area (Å²) in [4.78, 5) is 38.5. The molecule has 3 amide bonds. The SMILES string of the molecule is Cc1cc(NC(=O)CN2C(=O)[C@@H]3[C@@H](C2=O)[C@H]2C=C[C@H]3C2)ccc1Br. The fraction of sp³-hybridized carbons (Fsp3) is 0.389. The number of nitrogens with one attached hydrogen (secondary N) is 1. The molecule has 2 aliphatic carbocycles. The number of allylic oxidation sites excluding steroid dienone is 2. The van der Waals surface area contributed by atoms with Gasteiger partial charge < -0.3 is 5.32 Å². The number of amides is 3. The maximum Gasteiger partial charge on any atom is 0.244 e. The molecule has 0 aromatic heterocycles. The summed E-state index contributed by atoms with van der Waals surface area (Å²) in [5.74, 6) is -0.908. The zero-order valence-electron chi connectivity index (χ0n) is 13.2. The van der Waals surface area contributed by atoms with E-state index < -0.39 is 0 Å². The molecular weight excluding hydrogens is 372 g/mol. The maximum absolute atomic E-state index is 12.6. The number of anilines is 1. The first kappa shape index (κ1) is 15.6. The number of nitrogens with zero attached hydrogens (tertiary/aromatic N) is 1. The van der Waals surface area contributed by atoms with E-state index in [1.807, 2.05) is 31.2 Å². The number of fused-ring (bicyclic) bond motifs is 5. The standard InChI is InChI=1S/C18H17BrN2O3/c1-9-6-12(4-5-13(9)19)20-14(22)8-21-17(23)15-10-2-3-11(7-10)16(15)18(21)24/h2-6,10-11,15-16H,7-8H2,1H3,(H,20,22)/t10-,11-,15-,16-/m0/s1. The van der Waals surface area contributed by atoms with Gasteiger partial charge in [0.1, 0.15) is 6.54 Å². The lowest BCUT2D eigenvalue weighted by molar-refractivity contribution is -0.143. The van der Waals surface area contributed by atoms with Crippen LogP contribution in [0.25, 0.3) is 0 Å². The monoisotopic (exact) mass is 388 g/mol. The zero-order valence-corrected chi connectivity index (χ0v) is 14.7. The van der Waals surface area contributed by atoms with E-state index in [2.05, 4.69) is 21.2 Å². The van der Waals surface area contributed by atoms with Gasteiger partial charge >= 0.3 is 0 Å². The highest BCUT2D eigenvalue weighted by Crippen LogP contribution is 2.52. The van der Waals surface area contributed by atoms with Crippen molar-refractivity contribution in [1.29, 1.82) is 0 Å². The molecule has 0 spiro atoms. The topological polar surface area (TPSA) is 66.5 Å². The van der Waals surface area contributed by atoms with E-state index in [0.29, 0.717) is 5.69 Å². The van der Waals surface area contributed by atoms with E-state index in [4.69, 9.17) is 0 Å². The van der Waals surface area contributed by atoms with Crippen molar-refractivity contribution in [2.75, 3.05) is 11.9 Å². The van der Waals surface area contributed by atoms with Gasteiger partial charge in [0.05, 0.1) is 11.8 Å². The number of carbonyl (C=O) groups is 3. The van der Waals surface area contributed by atoms with Crippen LogP contribution >= 0.6 is 15.9 Å². The fourth-order valence-corrected chi connectivity index (χ4v) is 4.43. The van der Waals surface area contributed by atoms with Gasteiger partial charge in [-0.3, -0.25) is 19.3 Å². The molecule has 1 N–H and O–H groups in total. The number of aryl methyl sites for hydroxylation is 1. The Kier molecular flexibility index (Phi) is 3.60. The minimum Gasteiger partial charge on any atom is -0.325 e. The molecule has 4 atom stereocenters. The quantitative estimate of drug-likeness (QED) is 0.638. The van der Waals surface area contributed by atoms with Gasteiger partial charge in [-0.25, -0.2) is 0 Å². The molecule has 2 bridgehead atoms. The highest BCUT2D eigenvalue weighted by molar-refractivity contribution is 9.10. The number of hydrogen-bond acceptors (Lipinski definition) is 3. The Labute approximate surface area is 148 Å². The maximum atomic E-state index is 12.6. The first-order chi connectivity index (χ1) is 11.5. The Morgan fingerprint density at radius 1 is 1.21 bits per heavy atom. The molecule has 1 heterocycles. The second-order valence-electron chi connectivity index (χ2n) is 6.77. The van der Waals surface area contributed by atoms with Crippen LogP contribution in [-0.2, 0) is 14.4 Å². The summed E-state index contributed by atoms with van der Waals surface area (Å²) in [5.41, 5.74) is 1.65. The van der Waals surface area contributed by atoms with Crippen molar-refractivity contribution in [1.82, 2.24) is 4.90 Å². The van der Waals surface area contributed by atoms with Crippen molar-refractivity contribution in [2.45, 2.75) is 13.3 Å². The molecule has 124 valence electrons. The second kappa shape index (κ2) is 5.55. The number of rotatable bonds is 3. The lowest BCUT2D eigenvalue weighted by Gasteiger charge is -2.17. The lowest BCUT2D eigenvalue weighted by Crippen LogP contribution is -2.39. The van der Waals surface area contributed by atoms with Crippen molar-refractivity contribution < 1.29 is 14.4 Å². The lowest BCUT2D eigenvalue weighted by atomic mass is 9.85. The van der Waals surface area contributed by atoms with Gasteiger partial charge in [-0.2, -0.15) is 0 Å². The summed E-state index contributed by atoms with van der Waals surface area (Å²) >= 11 is 3.41. The molecule has 5 nitrogen and oxygen atoms in total. The van der Waals surface area contributed by atoms with Crippen LogP contribution in [0.4, 0.5) is 5.69 Å². The van der Waals surface area contributed by atoms with Gasteiger partial charge in [0.2, 0.25) is 17.7 Å². The molecule has 3 aliphatic rings. The Bertz CT molecular complexity index is 758. The largest absolute Gasteiger partial charge is 0.325 e. The van der Waals surface area contributed by atoms with Gasteiger partial charge in [-0.15, -0.1) is 0 Å². The molecule has 24 heavy (non-hydrogen) atoms. The molecule has 4 rings (SSSR count). The molecule has 2 fully saturated rings. The minimum atomic E-state index is -0.348. The Hall–Kier alpha value is -1.95. The normalized spacial score (nSPS) is 30.2. The minimum absolute atomic E-state index is 0.165. The summed E-state index contributed by atoms with van der Waals surface area (Å²) in [6, 6.07) is 5.47. The summed E-state index contributed by atoms with van der Waals surface area (Å²) in [6.45, 7) is 1.72. The third-order valence-corrected chi connectivity index (χ3v) is 6.19.